The summed E-state index contributed by atoms with van der Waals surface area (Å²) in [4.78, 5) is 15.5. The standard InChI is InChI=1S/C16H23NOS3/c1-2-10-17(13-15-7-5-11-19-15)16(18)8-4-3-6-14-9-12-20-21-14/h2,5,7,11,14H,1,3-4,6,8-10,12-13H2. The molecule has 2 nitrogen and oxygen atoms in total. The van der Waals surface area contributed by atoms with E-state index in [0.717, 1.165) is 18.2 Å². The van der Waals surface area contributed by atoms with E-state index in [1.165, 1.54) is 29.9 Å². The highest BCUT2D eigenvalue weighted by atomic mass is 33.1. The van der Waals surface area contributed by atoms with Crippen molar-refractivity contribution in [1.82, 2.24) is 4.90 Å². The molecule has 5 heteroatoms. The molecule has 0 radical (unpaired) electrons. The van der Waals surface area contributed by atoms with E-state index in [1.54, 1.807) is 11.3 Å². The summed E-state index contributed by atoms with van der Waals surface area (Å²) in [6, 6.07) is 4.12. The predicted octanol–water partition coefficient (Wildman–Crippen LogP) is 4.98. The van der Waals surface area contributed by atoms with Gasteiger partial charge < -0.3 is 4.90 Å². The minimum absolute atomic E-state index is 0.261. The van der Waals surface area contributed by atoms with Crippen molar-refractivity contribution in [2.75, 3.05) is 12.3 Å². The zero-order valence-electron chi connectivity index (χ0n) is 12.3. The smallest absolute Gasteiger partial charge is 0.223 e. The molecule has 0 N–H and O–H groups in total. The zero-order valence-corrected chi connectivity index (χ0v) is 14.8. The van der Waals surface area contributed by atoms with Gasteiger partial charge in [0.1, 0.15) is 0 Å². The molecule has 1 aromatic heterocycles. The summed E-state index contributed by atoms with van der Waals surface area (Å²) in [5, 5.41) is 2.88. The van der Waals surface area contributed by atoms with Crippen molar-refractivity contribution in [3.8, 4) is 0 Å². The highest BCUT2D eigenvalue weighted by Crippen LogP contribution is 2.39. The summed E-state index contributed by atoms with van der Waals surface area (Å²) in [6.45, 7) is 5.13. The van der Waals surface area contributed by atoms with Crippen molar-refractivity contribution in [2.45, 2.75) is 43.9 Å². The van der Waals surface area contributed by atoms with E-state index in [1.807, 2.05) is 38.6 Å². The molecule has 2 rings (SSSR count). The Morgan fingerprint density at radius 1 is 1.48 bits per heavy atom. The summed E-state index contributed by atoms with van der Waals surface area (Å²) in [5.74, 6) is 1.55. The predicted molar refractivity (Wildman–Crippen MR) is 96.9 cm³/mol. The van der Waals surface area contributed by atoms with E-state index >= 15 is 0 Å². The molecule has 1 aromatic rings. The third-order valence-electron chi connectivity index (χ3n) is 3.52. The van der Waals surface area contributed by atoms with Gasteiger partial charge in [0.05, 0.1) is 6.54 Å². The minimum atomic E-state index is 0.261. The van der Waals surface area contributed by atoms with Crippen LogP contribution in [-0.2, 0) is 11.3 Å². The lowest BCUT2D eigenvalue weighted by atomic mass is 10.1. The molecule has 1 unspecified atom stereocenters. The number of nitrogens with zero attached hydrogens (tertiary/aromatic N) is 1. The van der Waals surface area contributed by atoms with Gasteiger partial charge in [-0.1, -0.05) is 40.2 Å². The topological polar surface area (TPSA) is 20.3 Å². The number of carbonyl (C=O) groups excluding carboxylic acids is 1. The highest BCUT2D eigenvalue weighted by Gasteiger charge is 2.17. The second-order valence-corrected chi connectivity index (χ2v) is 9.04. The molecule has 1 aliphatic rings. The maximum absolute atomic E-state index is 12.3. The van der Waals surface area contributed by atoms with Gasteiger partial charge in [0.25, 0.3) is 0 Å². The van der Waals surface area contributed by atoms with Gasteiger partial charge in [-0.25, -0.2) is 0 Å². The van der Waals surface area contributed by atoms with Crippen molar-refractivity contribution >= 4 is 38.8 Å². The average molecular weight is 342 g/mol. The molecule has 0 spiro atoms. The Balaban J connectivity index is 1.69. The lowest BCUT2D eigenvalue weighted by Gasteiger charge is -2.20. The van der Waals surface area contributed by atoms with Gasteiger partial charge in [0, 0.05) is 28.8 Å². The van der Waals surface area contributed by atoms with Gasteiger partial charge in [-0.05, 0) is 30.7 Å². The molecule has 1 atom stereocenters. The third kappa shape index (κ3) is 6.09. The van der Waals surface area contributed by atoms with Crippen LogP contribution in [0.4, 0.5) is 0 Å². The van der Waals surface area contributed by atoms with Crippen LogP contribution in [0.25, 0.3) is 0 Å². The van der Waals surface area contributed by atoms with Gasteiger partial charge >= 0.3 is 0 Å². The molecule has 0 saturated carbocycles. The van der Waals surface area contributed by atoms with Crippen LogP contribution in [0.2, 0.25) is 0 Å². The Morgan fingerprint density at radius 3 is 3.05 bits per heavy atom. The summed E-state index contributed by atoms with van der Waals surface area (Å²) >= 11 is 1.71. The molecular weight excluding hydrogens is 318 g/mol. The van der Waals surface area contributed by atoms with E-state index in [2.05, 4.69) is 18.0 Å². The Morgan fingerprint density at radius 2 is 2.38 bits per heavy atom. The zero-order chi connectivity index (χ0) is 14.9. The fraction of sp³-hybridized carbons (Fsp3) is 0.562. The number of carbonyl (C=O) groups is 1. The molecule has 1 aliphatic heterocycles. The second-order valence-electron chi connectivity index (χ2n) is 5.22. The first-order valence-electron chi connectivity index (χ1n) is 7.49. The summed E-state index contributed by atoms with van der Waals surface area (Å²) in [5.41, 5.74) is 0. The minimum Gasteiger partial charge on any atom is -0.334 e. The Hall–Kier alpha value is -0.390. The molecule has 1 amide bonds. The largest absolute Gasteiger partial charge is 0.334 e. The molecule has 0 aromatic carbocycles. The second kappa shape index (κ2) is 9.59. The first-order chi connectivity index (χ1) is 10.3. The van der Waals surface area contributed by atoms with Crippen LogP contribution in [0.15, 0.2) is 30.2 Å². The number of amides is 1. The van der Waals surface area contributed by atoms with Crippen molar-refractivity contribution in [2.24, 2.45) is 0 Å². The van der Waals surface area contributed by atoms with Gasteiger partial charge in [0.2, 0.25) is 5.91 Å². The molecule has 0 aliphatic carbocycles. The van der Waals surface area contributed by atoms with Crippen LogP contribution < -0.4 is 0 Å². The van der Waals surface area contributed by atoms with Crippen LogP contribution in [0.1, 0.15) is 37.0 Å². The first-order valence-corrected chi connectivity index (χ1v) is 10.7. The van der Waals surface area contributed by atoms with E-state index in [4.69, 9.17) is 0 Å². The van der Waals surface area contributed by atoms with E-state index in [9.17, 15) is 4.79 Å². The fourth-order valence-electron chi connectivity index (χ4n) is 2.37. The summed E-state index contributed by atoms with van der Waals surface area (Å²) in [6.07, 6.45) is 7.27. The summed E-state index contributed by atoms with van der Waals surface area (Å²) in [7, 11) is 4.02. The molecule has 116 valence electrons. The monoisotopic (exact) mass is 341 g/mol. The lowest BCUT2D eigenvalue weighted by molar-refractivity contribution is -0.131. The Labute approximate surface area is 139 Å². The maximum atomic E-state index is 12.3. The van der Waals surface area contributed by atoms with E-state index < -0.39 is 0 Å². The Kier molecular flexibility index (Phi) is 7.75. The van der Waals surface area contributed by atoms with Crippen LogP contribution >= 0.6 is 32.9 Å². The van der Waals surface area contributed by atoms with Gasteiger partial charge in [0.15, 0.2) is 0 Å². The van der Waals surface area contributed by atoms with E-state index in [0.29, 0.717) is 13.0 Å². The molecule has 1 fully saturated rings. The van der Waals surface area contributed by atoms with Crippen molar-refractivity contribution in [3.63, 3.8) is 0 Å². The highest BCUT2D eigenvalue weighted by molar-refractivity contribution is 8.77. The number of unbranched alkanes of at least 4 members (excludes halogenated alkanes) is 1. The number of thiophene rings is 1. The molecule has 0 bridgehead atoms. The van der Waals surface area contributed by atoms with Gasteiger partial charge in [-0.2, -0.15) is 0 Å². The van der Waals surface area contributed by atoms with Crippen molar-refractivity contribution in [3.05, 3.63) is 35.0 Å². The van der Waals surface area contributed by atoms with E-state index in [-0.39, 0.29) is 5.91 Å². The molecule has 21 heavy (non-hydrogen) atoms. The quantitative estimate of drug-likeness (QED) is 0.359. The molecule has 1 saturated heterocycles. The van der Waals surface area contributed by atoms with Crippen LogP contribution in [0.5, 0.6) is 0 Å². The summed E-state index contributed by atoms with van der Waals surface area (Å²) < 4.78 is 0. The van der Waals surface area contributed by atoms with Crippen molar-refractivity contribution < 1.29 is 4.79 Å². The maximum Gasteiger partial charge on any atom is 0.223 e. The van der Waals surface area contributed by atoms with Crippen LogP contribution in [-0.4, -0.2) is 28.4 Å². The van der Waals surface area contributed by atoms with Crippen LogP contribution in [0.3, 0.4) is 0 Å². The fourth-order valence-corrected chi connectivity index (χ4v) is 6.12. The average Bonchev–Trinajstić information content (AvgIpc) is 3.16. The van der Waals surface area contributed by atoms with Gasteiger partial charge in [-0.3, -0.25) is 4.79 Å². The normalized spacial score (nSPS) is 17.8. The third-order valence-corrected chi connectivity index (χ3v) is 7.39. The van der Waals surface area contributed by atoms with Gasteiger partial charge in [-0.15, -0.1) is 17.9 Å². The number of rotatable bonds is 9. The van der Waals surface area contributed by atoms with Crippen molar-refractivity contribution in [1.29, 1.82) is 0 Å². The molecule has 2 heterocycles. The van der Waals surface area contributed by atoms with Crippen LogP contribution in [0, 0.1) is 0 Å². The number of hydrogen-bond donors (Lipinski definition) is 0. The Bertz CT molecular complexity index is 427. The number of hydrogen-bond acceptors (Lipinski definition) is 4. The lowest BCUT2D eigenvalue weighted by Crippen LogP contribution is -2.30. The molecular formula is C16H23NOS3. The first kappa shape index (κ1) is 17.0. The SMILES string of the molecule is C=CCN(Cc1cccs1)C(=O)CCCCC1CCSS1.